The number of carbonyl (C=O) groups excluding carboxylic acids is 1. The Hall–Kier alpha value is -2.94. The van der Waals surface area contributed by atoms with E-state index in [9.17, 15) is 4.79 Å². The molecule has 3 nitrogen and oxygen atoms in total. The van der Waals surface area contributed by atoms with Gasteiger partial charge in [0.1, 0.15) is 6.61 Å². The van der Waals surface area contributed by atoms with Crippen LogP contribution in [-0.4, -0.2) is 12.4 Å². The summed E-state index contributed by atoms with van der Waals surface area (Å²) in [6.07, 6.45) is 3.63. The average Bonchev–Trinajstić information content (AvgIpc) is 2.61. The number of carbonyl (C=O) groups is 1. The number of aromatic nitrogens is 1. The van der Waals surface area contributed by atoms with E-state index in [0.717, 1.165) is 0 Å². The molecule has 0 aliphatic rings. The lowest BCUT2D eigenvalue weighted by molar-refractivity contribution is -0.686. The molecule has 0 aliphatic carbocycles. The maximum atomic E-state index is 11.1. The third-order valence-electron chi connectivity index (χ3n) is 4.41. The van der Waals surface area contributed by atoms with Crippen molar-refractivity contribution < 1.29 is 14.1 Å². The molecule has 3 rings (SSSR count). The van der Waals surface area contributed by atoms with E-state index in [2.05, 4.69) is 72.3 Å². The summed E-state index contributed by atoms with van der Waals surface area (Å²) in [5, 5.41) is 2.44. The van der Waals surface area contributed by atoms with E-state index in [4.69, 9.17) is 4.74 Å². The van der Waals surface area contributed by atoms with Gasteiger partial charge in [0.05, 0.1) is 11.1 Å². The highest BCUT2D eigenvalue weighted by molar-refractivity contribution is 5.93. The highest BCUT2D eigenvalue weighted by Crippen LogP contribution is 2.27. The molecule has 0 spiro atoms. The quantitative estimate of drug-likeness (QED) is 0.371. The molecule has 1 heterocycles. The number of pyridine rings is 1. The van der Waals surface area contributed by atoms with Crippen molar-refractivity contribution in [2.75, 3.05) is 6.61 Å². The Morgan fingerprint density at radius 2 is 1.77 bits per heavy atom. The molecule has 26 heavy (non-hydrogen) atoms. The molecule has 0 radical (unpaired) electrons. The number of aryl methyl sites for hydroxylation is 1. The molecule has 0 N–H and O–H groups in total. The average molecular weight is 346 g/mol. The number of hydrogen-bond donors (Lipinski definition) is 0. The molecule has 0 bridgehead atoms. The Kier molecular flexibility index (Phi) is 5.47. The predicted molar refractivity (Wildman–Crippen MR) is 105 cm³/mol. The number of ether oxygens (including phenoxy) is 1. The van der Waals surface area contributed by atoms with Crippen LogP contribution < -0.4 is 4.57 Å². The van der Waals surface area contributed by atoms with Crippen LogP contribution >= 0.6 is 0 Å². The van der Waals surface area contributed by atoms with E-state index < -0.39 is 0 Å². The number of rotatable bonds is 6. The first kappa shape index (κ1) is 17.9. The summed E-state index contributed by atoms with van der Waals surface area (Å²) in [5.74, 6) is 0.651. The van der Waals surface area contributed by atoms with E-state index in [-0.39, 0.29) is 5.78 Å². The summed E-state index contributed by atoms with van der Waals surface area (Å²) in [5.41, 5.74) is 3.66. The molecular weight excluding hydrogens is 322 g/mol. The molecule has 3 aromatic rings. The topological polar surface area (TPSA) is 30.2 Å². The summed E-state index contributed by atoms with van der Waals surface area (Å²) in [7, 11) is 0. The van der Waals surface area contributed by atoms with Crippen LogP contribution in [0.25, 0.3) is 22.0 Å². The summed E-state index contributed by atoms with van der Waals surface area (Å²) >= 11 is 0. The molecule has 3 heteroatoms. The minimum absolute atomic E-state index is 0.00135. The van der Waals surface area contributed by atoms with Crippen LogP contribution in [-0.2, 0) is 16.1 Å². The normalized spacial score (nSPS) is 11.6. The fraction of sp³-hybridized carbons (Fsp3) is 0.217. The van der Waals surface area contributed by atoms with Crippen LogP contribution in [0.3, 0.4) is 0 Å². The minimum Gasteiger partial charge on any atom is -0.491 e. The zero-order chi connectivity index (χ0) is 18.5. The number of allylic oxidation sites excluding steroid dienone is 2. The first-order chi connectivity index (χ1) is 12.6. The molecular formula is C23H24NO2+. The van der Waals surface area contributed by atoms with Crippen LogP contribution in [0.4, 0.5) is 0 Å². The molecule has 2 aromatic carbocycles. The van der Waals surface area contributed by atoms with Gasteiger partial charge in [-0.2, -0.15) is 4.57 Å². The van der Waals surface area contributed by atoms with Crippen molar-refractivity contribution in [3.63, 3.8) is 0 Å². The molecule has 0 atom stereocenters. The molecule has 0 unspecified atom stereocenters. The van der Waals surface area contributed by atoms with E-state index in [0.29, 0.717) is 18.9 Å². The summed E-state index contributed by atoms with van der Waals surface area (Å²) < 4.78 is 7.94. The van der Waals surface area contributed by atoms with Crippen molar-refractivity contribution in [1.82, 2.24) is 0 Å². The van der Waals surface area contributed by atoms with Gasteiger partial charge in [-0.05, 0) is 43.9 Å². The van der Waals surface area contributed by atoms with Crippen LogP contribution in [0.15, 0.2) is 72.6 Å². The van der Waals surface area contributed by atoms with Gasteiger partial charge in [-0.25, -0.2) is 0 Å². The summed E-state index contributed by atoms with van der Waals surface area (Å²) in [6.45, 7) is 6.70. The third-order valence-corrected chi connectivity index (χ3v) is 4.41. The monoisotopic (exact) mass is 346 g/mol. The molecule has 0 amide bonds. The molecule has 0 saturated heterocycles. The van der Waals surface area contributed by atoms with Crippen molar-refractivity contribution in [3.05, 3.63) is 78.2 Å². The fourth-order valence-electron chi connectivity index (χ4n) is 3.22. The van der Waals surface area contributed by atoms with Crippen LogP contribution in [0.5, 0.6) is 0 Å². The predicted octanol–water partition coefficient (Wildman–Crippen LogP) is 4.61. The second-order valence-corrected chi connectivity index (χ2v) is 6.47. The van der Waals surface area contributed by atoms with Gasteiger partial charge < -0.3 is 4.74 Å². The van der Waals surface area contributed by atoms with E-state index in [1.54, 1.807) is 0 Å². The van der Waals surface area contributed by atoms with Crippen LogP contribution in [0.2, 0.25) is 0 Å². The first-order valence-corrected chi connectivity index (χ1v) is 8.85. The van der Waals surface area contributed by atoms with Crippen molar-refractivity contribution in [2.24, 2.45) is 0 Å². The van der Waals surface area contributed by atoms with Crippen molar-refractivity contribution in [3.8, 4) is 11.3 Å². The van der Waals surface area contributed by atoms with Crippen molar-refractivity contribution >= 4 is 16.6 Å². The van der Waals surface area contributed by atoms with Gasteiger partial charge in [-0.15, -0.1) is 0 Å². The van der Waals surface area contributed by atoms with Gasteiger partial charge in [0.2, 0.25) is 5.69 Å². The van der Waals surface area contributed by atoms with Crippen LogP contribution in [0, 0.1) is 6.92 Å². The molecule has 1 aromatic heterocycles. The molecule has 0 aliphatic heterocycles. The number of fused-ring (bicyclic) bond motifs is 1. The number of hydrogen-bond acceptors (Lipinski definition) is 2. The lowest BCUT2D eigenvalue weighted by atomic mass is 9.99. The maximum Gasteiger partial charge on any atom is 0.220 e. The smallest absolute Gasteiger partial charge is 0.220 e. The highest BCUT2D eigenvalue weighted by Gasteiger charge is 2.19. The standard InChI is InChI=1S/C23H24NO2/c1-17-8-4-6-10-21(17)23-22-11-7-5-9-20(22)12-13-24(23)14-15-26-19(3)16-18(2)25/h4-13,16H,14-15H2,1-3H3/q+1/b19-16-. The van der Waals surface area contributed by atoms with Gasteiger partial charge in [0.25, 0.3) is 0 Å². The van der Waals surface area contributed by atoms with Gasteiger partial charge in [-0.1, -0.05) is 36.4 Å². The van der Waals surface area contributed by atoms with Crippen LogP contribution in [0.1, 0.15) is 19.4 Å². The Bertz CT molecular complexity index is 973. The number of nitrogens with zero attached hydrogens (tertiary/aromatic N) is 1. The van der Waals surface area contributed by atoms with Gasteiger partial charge in [-0.3, -0.25) is 4.79 Å². The Morgan fingerprint density at radius 1 is 1.04 bits per heavy atom. The lowest BCUT2D eigenvalue weighted by Crippen LogP contribution is -2.38. The third kappa shape index (κ3) is 3.99. The molecule has 0 fully saturated rings. The SMILES string of the molecule is CC(=O)/C=C(/C)OCC[n+]1ccc2ccccc2c1-c1ccccc1C. The Morgan fingerprint density at radius 3 is 2.54 bits per heavy atom. The Balaban J connectivity index is 1.99. The molecule has 132 valence electrons. The van der Waals surface area contributed by atoms with Crippen molar-refractivity contribution in [2.45, 2.75) is 27.3 Å². The van der Waals surface area contributed by atoms with Crippen molar-refractivity contribution in [1.29, 1.82) is 0 Å². The zero-order valence-corrected chi connectivity index (χ0v) is 15.5. The lowest BCUT2D eigenvalue weighted by Gasteiger charge is -2.11. The van der Waals surface area contributed by atoms with E-state index in [1.165, 1.54) is 40.6 Å². The largest absolute Gasteiger partial charge is 0.491 e. The van der Waals surface area contributed by atoms with E-state index >= 15 is 0 Å². The fourth-order valence-corrected chi connectivity index (χ4v) is 3.22. The number of benzene rings is 2. The Labute approximate surface area is 154 Å². The zero-order valence-electron chi connectivity index (χ0n) is 15.5. The summed E-state index contributed by atoms with van der Waals surface area (Å²) in [6, 6.07) is 19.0. The second kappa shape index (κ2) is 7.96. The number of ketones is 1. The van der Waals surface area contributed by atoms with E-state index in [1.807, 2.05) is 6.92 Å². The molecule has 0 saturated carbocycles. The maximum absolute atomic E-state index is 11.1. The van der Waals surface area contributed by atoms with Gasteiger partial charge >= 0.3 is 0 Å². The van der Waals surface area contributed by atoms with Gasteiger partial charge in [0.15, 0.2) is 18.5 Å². The second-order valence-electron chi connectivity index (χ2n) is 6.47. The first-order valence-electron chi connectivity index (χ1n) is 8.85. The highest BCUT2D eigenvalue weighted by atomic mass is 16.5. The summed E-state index contributed by atoms with van der Waals surface area (Å²) in [4.78, 5) is 11.1. The minimum atomic E-state index is 0.00135. The van der Waals surface area contributed by atoms with Gasteiger partial charge in [0, 0.05) is 17.7 Å².